The monoisotopic (exact) mass is 313 g/mol. The van der Waals surface area contributed by atoms with Gasteiger partial charge in [0, 0.05) is 30.0 Å². The number of hydrogen-bond acceptors (Lipinski definition) is 4. The van der Waals surface area contributed by atoms with Gasteiger partial charge in [-0.3, -0.25) is 4.79 Å². The third-order valence-electron chi connectivity index (χ3n) is 2.43. The minimum atomic E-state index is 0.259. The van der Waals surface area contributed by atoms with Crippen molar-refractivity contribution < 1.29 is 4.79 Å². The van der Waals surface area contributed by atoms with Crippen LogP contribution in [-0.2, 0) is 0 Å². The molecule has 0 atom stereocenters. The molecule has 0 unspecified atom stereocenters. The van der Waals surface area contributed by atoms with Crippen LogP contribution in [0, 0.1) is 0 Å². The highest BCUT2D eigenvalue weighted by Gasteiger charge is 2.04. The first-order valence-electron chi connectivity index (χ1n) is 7.17. The van der Waals surface area contributed by atoms with Gasteiger partial charge >= 0.3 is 0 Å². The maximum atomic E-state index is 11.8. The summed E-state index contributed by atoms with van der Waals surface area (Å²) in [6.45, 7) is 5.11. The molecule has 1 rings (SSSR count). The van der Waals surface area contributed by atoms with Gasteiger partial charge in [0.15, 0.2) is 5.78 Å². The highest BCUT2D eigenvalue weighted by molar-refractivity contribution is 8.76. The van der Waals surface area contributed by atoms with E-state index in [-0.39, 0.29) is 5.78 Å². The number of hydrogen-bond donors (Lipinski definition) is 0. The average molecular weight is 314 g/mol. The number of carbonyl (C=O) groups is 1. The van der Waals surface area contributed by atoms with E-state index in [0.717, 1.165) is 30.0 Å². The number of ketones is 1. The molecule has 0 aliphatic carbocycles. The van der Waals surface area contributed by atoms with Crippen molar-refractivity contribution in [3.8, 4) is 0 Å². The van der Waals surface area contributed by atoms with Crippen LogP contribution in [0.4, 0.5) is 0 Å². The van der Waals surface area contributed by atoms with Gasteiger partial charge in [-0.1, -0.05) is 65.8 Å². The third kappa shape index (κ3) is 10.4. The molecule has 0 radical (unpaired) electrons. The first kappa shape index (κ1) is 19.6. The molecule has 2 nitrogen and oxygen atoms in total. The normalized spacial score (nSPS) is 10.1. The number of rotatable bonds is 9. The fourth-order valence-electron chi connectivity index (χ4n) is 1.40. The van der Waals surface area contributed by atoms with Crippen molar-refractivity contribution in [2.45, 2.75) is 26.7 Å². The van der Waals surface area contributed by atoms with E-state index in [1.165, 1.54) is 0 Å². The van der Waals surface area contributed by atoms with Crippen LogP contribution in [0.2, 0.25) is 0 Å². The van der Waals surface area contributed by atoms with E-state index in [9.17, 15) is 4.79 Å². The van der Waals surface area contributed by atoms with E-state index in [1.54, 1.807) is 0 Å². The maximum Gasteiger partial charge on any atom is 0.162 e. The summed E-state index contributed by atoms with van der Waals surface area (Å²) in [6, 6.07) is 9.55. The van der Waals surface area contributed by atoms with Gasteiger partial charge in [0.1, 0.15) is 0 Å². The van der Waals surface area contributed by atoms with E-state index in [1.807, 2.05) is 65.8 Å². The summed E-state index contributed by atoms with van der Waals surface area (Å²) in [5.41, 5.74) is 0.836. The summed E-state index contributed by atoms with van der Waals surface area (Å²) in [6.07, 6.45) is 1.62. The molecule has 0 saturated heterocycles. The summed E-state index contributed by atoms with van der Waals surface area (Å²) in [4.78, 5) is 14.0. The Morgan fingerprint density at radius 1 is 1.05 bits per heavy atom. The van der Waals surface area contributed by atoms with Crippen LogP contribution in [0.3, 0.4) is 0 Å². The van der Waals surface area contributed by atoms with Crippen molar-refractivity contribution in [1.82, 2.24) is 4.90 Å². The molecule has 0 spiro atoms. The van der Waals surface area contributed by atoms with E-state index in [4.69, 9.17) is 0 Å². The Morgan fingerprint density at radius 3 is 2.25 bits per heavy atom. The summed E-state index contributed by atoms with van der Waals surface area (Å²) in [7, 11) is 7.94. The van der Waals surface area contributed by atoms with E-state index >= 15 is 0 Å². The highest BCUT2D eigenvalue weighted by Crippen LogP contribution is 2.22. The van der Waals surface area contributed by atoms with Gasteiger partial charge in [0.05, 0.1) is 0 Å². The average Bonchev–Trinajstić information content (AvgIpc) is 2.48. The van der Waals surface area contributed by atoms with Gasteiger partial charge in [-0.05, 0) is 20.5 Å². The van der Waals surface area contributed by atoms with Crippen LogP contribution in [-0.4, -0.2) is 42.8 Å². The van der Waals surface area contributed by atoms with Gasteiger partial charge in [0.25, 0.3) is 0 Å². The zero-order chi connectivity index (χ0) is 15.2. The molecule has 0 amide bonds. The second-order valence-electron chi connectivity index (χ2n) is 4.34. The standard InChI is InChI=1S/C14H21NOS2.C2H6/c1-15(2)10-12-18-17-11-6-9-14(16)13-7-4-3-5-8-13;1-2/h3-5,7-8H,6,9-12H2,1-2H3;1-2H3. The summed E-state index contributed by atoms with van der Waals surface area (Å²) in [5, 5.41) is 0. The molecular weight excluding hydrogens is 286 g/mol. The van der Waals surface area contributed by atoms with Crippen molar-refractivity contribution >= 4 is 27.4 Å². The van der Waals surface area contributed by atoms with Gasteiger partial charge in [-0.15, -0.1) is 0 Å². The van der Waals surface area contributed by atoms with Gasteiger partial charge in [-0.2, -0.15) is 0 Å². The zero-order valence-corrected chi connectivity index (χ0v) is 14.7. The number of benzene rings is 1. The van der Waals surface area contributed by atoms with E-state index < -0.39 is 0 Å². The van der Waals surface area contributed by atoms with Crippen molar-refractivity contribution in [1.29, 1.82) is 0 Å². The van der Waals surface area contributed by atoms with Crippen molar-refractivity contribution in [3.63, 3.8) is 0 Å². The van der Waals surface area contributed by atoms with Crippen LogP contribution >= 0.6 is 21.6 Å². The van der Waals surface area contributed by atoms with Crippen LogP contribution in [0.5, 0.6) is 0 Å². The molecule has 0 aliphatic heterocycles. The van der Waals surface area contributed by atoms with E-state index in [2.05, 4.69) is 19.0 Å². The summed E-state index contributed by atoms with van der Waals surface area (Å²) in [5.74, 6) is 2.45. The lowest BCUT2D eigenvalue weighted by Crippen LogP contribution is -2.14. The lowest BCUT2D eigenvalue weighted by atomic mass is 10.1. The topological polar surface area (TPSA) is 20.3 Å². The lowest BCUT2D eigenvalue weighted by molar-refractivity contribution is 0.0982. The molecule has 0 bridgehead atoms. The smallest absolute Gasteiger partial charge is 0.162 e. The zero-order valence-electron chi connectivity index (χ0n) is 13.1. The maximum absolute atomic E-state index is 11.8. The molecule has 0 heterocycles. The van der Waals surface area contributed by atoms with Gasteiger partial charge < -0.3 is 4.90 Å². The predicted molar refractivity (Wildman–Crippen MR) is 94.8 cm³/mol. The molecular formula is C16H27NOS2. The van der Waals surface area contributed by atoms with Crippen LogP contribution in [0.15, 0.2) is 30.3 Å². The first-order valence-corrected chi connectivity index (χ1v) is 9.66. The lowest BCUT2D eigenvalue weighted by Gasteiger charge is -2.07. The number of Topliss-reactive ketones (excluding diaryl/α,β-unsaturated/α-hetero) is 1. The van der Waals surface area contributed by atoms with Crippen LogP contribution < -0.4 is 0 Å². The van der Waals surface area contributed by atoms with Crippen LogP contribution in [0.25, 0.3) is 0 Å². The molecule has 0 saturated carbocycles. The Labute approximate surface area is 132 Å². The molecule has 0 N–H and O–H groups in total. The summed E-state index contributed by atoms with van der Waals surface area (Å²) >= 11 is 0. The number of carbonyl (C=O) groups excluding carboxylic acids is 1. The Hall–Kier alpha value is -0.450. The molecule has 1 aromatic carbocycles. The van der Waals surface area contributed by atoms with Gasteiger partial charge in [-0.25, -0.2) is 0 Å². The molecule has 20 heavy (non-hydrogen) atoms. The molecule has 4 heteroatoms. The third-order valence-corrected chi connectivity index (χ3v) is 4.90. The highest BCUT2D eigenvalue weighted by atomic mass is 33.1. The minimum Gasteiger partial charge on any atom is -0.309 e. The Balaban J connectivity index is 0.00000172. The Morgan fingerprint density at radius 2 is 1.65 bits per heavy atom. The first-order chi connectivity index (χ1) is 9.70. The van der Waals surface area contributed by atoms with E-state index in [0.29, 0.717) is 6.42 Å². The van der Waals surface area contributed by atoms with Gasteiger partial charge in [0.2, 0.25) is 0 Å². The minimum absolute atomic E-state index is 0.259. The fourth-order valence-corrected chi connectivity index (χ4v) is 3.62. The quantitative estimate of drug-likeness (QED) is 0.376. The van der Waals surface area contributed by atoms with Crippen molar-refractivity contribution in [2.24, 2.45) is 0 Å². The summed E-state index contributed by atoms with van der Waals surface area (Å²) < 4.78 is 0. The van der Waals surface area contributed by atoms with Crippen molar-refractivity contribution in [2.75, 3.05) is 32.1 Å². The molecule has 114 valence electrons. The molecule has 0 aromatic heterocycles. The molecule has 0 aliphatic rings. The molecule has 1 aromatic rings. The Kier molecular flexibility index (Phi) is 13.2. The molecule has 0 fully saturated rings. The fraction of sp³-hybridized carbons (Fsp3) is 0.562. The van der Waals surface area contributed by atoms with Crippen molar-refractivity contribution in [3.05, 3.63) is 35.9 Å². The second-order valence-corrected chi connectivity index (χ2v) is 7.04. The Bertz CT molecular complexity index is 342. The predicted octanol–water partition coefficient (Wildman–Crippen LogP) is 4.62. The second kappa shape index (κ2) is 13.5. The largest absolute Gasteiger partial charge is 0.309 e. The SMILES string of the molecule is CC.CN(C)CCSSCCCC(=O)c1ccccc1. The van der Waals surface area contributed by atoms with Crippen LogP contribution in [0.1, 0.15) is 37.0 Å². The number of nitrogens with zero attached hydrogens (tertiary/aromatic N) is 1.